The van der Waals surface area contributed by atoms with Crippen molar-refractivity contribution in [3.8, 4) is 5.75 Å². The first-order valence-corrected chi connectivity index (χ1v) is 13.1. The fraction of sp³-hybridized carbons (Fsp3) is 0.630. The van der Waals surface area contributed by atoms with E-state index in [1.165, 1.54) is 11.0 Å². The van der Waals surface area contributed by atoms with Crippen LogP contribution < -0.4 is 16.4 Å². The summed E-state index contributed by atoms with van der Waals surface area (Å²) >= 11 is 0. The molecule has 2 rings (SSSR count). The number of alkyl carbamates (subject to hydrolysis) is 1. The fourth-order valence-electron chi connectivity index (χ4n) is 4.44. The van der Waals surface area contributed by atoms with Gasteiger partial charge in [-0.15, -0.1) is 0 Å². The van der Waals surface area contributed by atoms with E-state index in [4.69, 9.17) is 10.5 Å². The molecule has 206 valence electrons. The summed E-state index contributed by atoms with van der Waals surface area (Å²) in [6.45, 7) is 7.13. The van der Waals surface area contributed by atoms with Crippen LogP contribution in [0.5, 0.6) is 5.75 Å². The molecule has 0 spiro atoms. The van der Waals surface area contributed by atoms with Crippen LogP contribution in [0.1, 0.15) is 90.7 Å². The third-order valence-electron chi connectivity index (χ3n) is 6.17. The molecule has 1 aliphatic rings. The molecular weight excluding hydrogens is 476 g/mol. The number of phenols is 1. The van der Waals surface area contributed by atoms with E-state index in [2.05, 4.69) is 10.6 Å². The number of aromatic hydroxyl groups is 1. The van der Waals surface area contributed by atoms with E-state index in [9.17, 15) is 24.3 Å². The molecule has 0 aliphatic heterocycles. The minimum Gasteiger partial charge on any atom is -0.508 e. The Hall–Kier alpha value is -3.30. The number of phenolic OH excluding ortho intramolecular Hbond substituents is 1. The van der Waals surface area contributed by atoms with Crippen LogP contribution in [0.25, 0.3) is 0 Å². The molecule has 1 aromatic carbocycles. The molecule has 1 fully saturated rings. The summed E-state index contributed by atoms with van der Waals surface area (Å²) in [6, 6.07) is 3.82. The molecular formula is C27H42N4O6. The zero-order chi connectivity index (χ0) is 27.6. The molecule has 4 amide bonds. The van der Waals surface area contributed by atoms with Crippen LogP contribution >= 0.6 is 0 Å². The summed E-state index contributed by atoms with van der Waals surface area (Å²) in [4.78, 5) is 53.3. The number of para-hydroxylation sites is 1. The highest BCUT2D eigenvalue weighted by Gasteiger charge is 2.38. The maximum atomic E-state index is 13.9. The van der Waals surface area contributed by atoms with Crippen LogP contribution in [0.15, 0.2) is 24.3 Å². The number of hydrogen-bond donors (Lipinski definition) is 4. The van der Waals surface area contributed by atoms with Gasteiger partial charge in [-0.25, -0.2) is 4.79 Å². The van der Waals surface area contributed by atoms with Crippen molar-refractivity contribution in [2.45, 2.75) is 103 Å². The van der Waals surface area contributed by atoms with Crippen LogP contribution in [0.4, 0.5) is 4.79 Å². The molecule has 1 aromatic rings. The van der Waals surface area contributed by atoms with Crippen molar-refractivity contribution in [2.75, 3.05) is 6.54 Å². The number of amides is 4. The Balaban J connectivity index is 2.46. The molecule has 2 unspecified atom stereocenters. The van der Waals surface area contributed by atoms with Crippen LogP contribution in [-0.2, 0) is 19.1 Å². The molecule has 2 atom stereocenters. The number of ether oxygens (including phenoxy) is 1. The highest BCUT2D eigenvalue weighted by atomic mass is 16.6. The maximum absolute atomic E-state index is 13.9. The largest absolute Gasteiger partial charge is 0.508 e. The quantitative estimate of drug-likeness (QED) is 0.353. The van der Waals surface area contributed by atoms with Gasteiger partial charge < -0.3 is 31.1 Å². The van der Waals surface area contributed by atoms with E-state index in [1.54, 1.807) is 39.0 Å². The lowest BCUT2D eigenvalue weighted by atomic mass is 9.94. The summed E-state index contributed by atoms with van der Waals surface area (Å²) < 4.78 is 5.28. The number of primary amides is 1. The van der Waals surface area contributed by atoms with Gasteiger partial charge in [0.25, 0.3) is 0 Å². The third-order valence-corrected chi connectivity index (χ3v) is 6.17. The SMILES string of the molecule is CCCCN(C(=O)C(CC(N)=O)NC(=O)OC(C)(C)C)C(C(=O)NC1CCCCC1)c1ccccc1O. The number of hydrogen-bond acceptors (Lipinski definition) is 6. The van der Waals surface area contributed by atoms with E-state index < -0.39 is 47.9 Å². The molecule has 0 bridgehead atoms. The van der Waals surface area contributed by atoms with Crippen molar-refractivity contribution in [1.29, 1.82) is 0 Å². The van der Waals surface area contributed by atoms with Crippen molar-refractivity contribution < 1.29 is 29.0 Å². The Morgan fingerprint density at radius 2 is 1.78 bits per heavy atom. The minimum absolute atomic E-state index is 0.0287. The average Bonchev–Trinajstić information content (AvgIpc) is 2.80. The monoisotopic (exact) mass is 518 g/mol. The van der Waals surface area contributed by atoms with Gasteiger partial charge in [0, 0.05) is 18.2 Å². The Labute approximate surface area is 219 Å². The Morgan fingerprint density at radius 1 is 1.14 bits per heavy atom. The Morgan fingerprint density at radius 3 is 2.35 bits per heavy atom. The van der Waals surface area contributed by atoms with Gasteiger partial charge in [-0.05, 0) is 46.1 Å². The Bertz CT molecular complexity index is 939. The molecule has 1 aliphatic carbocycles. The van der Waals surface area contributed by atoms with Gasteiger partial charge in [0.15, 0.2) is 0 Å². The fourth-order valence-corrected chi connectivity index (χ4v) is 4.44. The molecule has 0 radical (unpaired) electrons. The molecule has 5 N–H and O–H groups in total. The van der Waals surface area contributed by atoms with Gasteiger partial charge in [-0.3, -0.25) is 14.4 Å². The summed E-state index contributed by atoms with van der Waals surface area (Å²) in [6.07, 6.45) is 4.73. The number of nitrogens with zero attached hydrogens (tertiary/aromatic N) is 1. The standard InChI is InChI=1S/C27H42N4O6/c1-5-6-16-31(25(35)20(17-22(28)33)30-26(36)37-27(2,3)4)23(19-14-10-11-15-21(19)32)24(34)29-18-12-8-7-9-13-18/h10-11,14-15,18,20,23,32H,5-9,12-13,16-17H2,1-4H3,(H2,28,33)(H,29,34)(H,30,36). The molecule has 0 heterocycles. The number of benzene rings is 1. The average molecular weight is 519 g/mol. The van der Waals surface area contributed by atoms with Crippen molar-refractivity contribution in [1.82, 2.24) is 15.5 Å². The first-order valence-electron chi connectivity index (χ1n) is 13.1. The van der Waals surface area contributed by atoms with E-state index in [-0.39, 0.29) is 23.9 Å². The first kappa shape index (κ1) is 29.9. The lowest BCUT2D eigenvalue weighted by Crippen LogP contribution is -2.55. The topological polar surface area (TPSA) is 151 Å². The predicted molar refractivity (Wildman–Crippen MR) is 139 cm³/mol. The number of nitrogens with two attached hydrogens (primary N) is 1. The van der Waals surface area contributed by atoms with Crippen LogP contribution in [-0.4, -0.2) is 58.1 Å². The summed E-state index contributed by atoms with van der Waals surface area (Å²) in [7, 11) is 0. The first-order chi connectivity index (χ1) is 17.4. The molecule has 0 aromatic heterocycles. The van der Waals surface area contributed by atoms with Crippen molar-refractivity contribution >= 4 is 23.8 Å². The Kier molecular flexibility index (Phi) is 11.2. The number of unbranched alkanes of at least 4 members (excludes halogenated alkanes) is 1. The smallest absolute Gasteiger partial charge is 0.408 e. The van der Waals surface area contributed by atoms with Crippen molar-refractivity contribution in [2.24, 2.45) is 5.73 Å². The molecule has 10 heteroatoms. The highest BCUT2D eigenvalue weighted by molar-refractivity contribution is 5.94. The maximum Gasteiger partial charge on any atom is 0.408 e. The van der Waals surface area contributed by atoms with Crippen LogP contribution in [0.2, 0.25) is 0 Å². The number of carbonyl (C=O) groups excluding carboxylic acids is 4. The van der Waals surface area contributed by atoms with Gasteiger partial charge in [0.2, 0.25) is 17.7 Å². The van der Waals surface area contributed by atoms with Gasteiger partial charge in [0.1, 0.15) is 23.4 Å². The lowest BCUT2D eigenvalue weighted by Gasteiger charge is -2.35. The van der Waals surface area contributed by atoms with Gasteiger partial charge in [-0.2, -0.15) is 0 Å². The summed E-state index contributed by atoms with van der Waals surface area (Å²) in [5, 5.41) is 16.2. The highest BCUT2D eigenvalue weighted by Crippen LogP contribution is 2.31. The van der Waals surface area contributed by atoms with Crippen molar-refractivity contribution in [3.05, 3.63) is 29.8 Å². The van der Waals surface area contributed by atoms with Gasteiger partial charge in [-0.1, -0.05) is 50.8 Å². The number of rotatable bonds is 11. The van der Waals surface area contributed by atoms with E-state index in [0.29, 0.717) is 6.42 Å². The second kappa shape index (κ2) is 13.9. The second-order valence-corrected chi connectivity index (χ2v) is 10.6. The van der Waals surface area contributed by atoms with Gasteiger partial charge in [0.05, 0.1) is 6.42 Å². The zero-order valence-electron chi connectivity index (χ0n) is 22.4. The molecule has 37 heavy (non-hydrogen) atoms. The minimum atomic E-state index is -1.35. The third kappa shape index (κ3) is 9.59. The summed E-state index contributed by atoms with van der Waals surface area (Å²) in [5.41, 5.74) is 4.84. The number of carbonyl (C=O) groups is 4. The van der Waals surface area contributed by atoms with E-state index in [1.807, 2.05) is 6.92 Å². The van der Waals surface area contributed by atoms with E-state index >= 15 is 0 Å². The lowest BCUT2D eigenvalue weighted by molar-refractivity contribution is -0.143. The van der Waals surface area contributed by atoms with Crippen LogP contribution in [0, 0.1) is 0 Å². The van der Waals surface area contributed by atoms with Crippen LogP contribution in [0.3, 0.4) is 0 Å². The molecule has 1 saturated carbocycles. The van der Waals surface area contributed by atoms with E-state index in [0.717, 1.165) is 38.5 Å². The molecule has 10 nitrogen and oxygen atoms in total. The predicted octanol–water partition coefficient (Wildman–Crippen LogP) is 3.28. The second-order valence-electron chi connectivity index (χ2n) is 10.6. The summed E-state index contributed by atoms with van der Waals surface area (Å²) in [5.74, 6) is -2.01. The number of nitrogens with one attached hydrogen (secondary N) is 2. The van der Waals surface area contributed by atoms with Gasteiger partial charge >= 0.3 is 6.09 Å². The molecule has 0 saturated heterocycles. The normalized spacial score (nSPS) is 15.8. The zero-order valence-corrected chi connectivity index (χ0v) is 22.4. The van der Waals surface area contributed by atoms with Crippen molar-refractivity contribution in [3.63, 3.8) is 0 Å².